The third-order valence-electron chi connectivity index (χ3n) is 4.53. The fraction of sp³-hybridized carbons (Fsp3) is 0.105. The Labute approximate surface area is 156 Å². The van der Waals surface area contributed by atoms with Crippen LogP contribution in [0.1, 0.15) is 0 Å². The summed E-state index contributed by atoms with van der Waals surface area (Å²) in [6.45, 7) is 1.03. The van der Waals surface area contributed by atoms with Crippen molar-refractivity contribution >= 4 is 29.0 Å². The number of hydrogen-bond donors (Lipinski definition) is 2. The zero-order chi connectivity index (χ0) is 19.0. The maximum atomic E-state index is 10.2. The standard InChI is InChI=1S/C19H18BN5O2/c1-20(26)15-9-14(18(10-19(15)27-2)25-7-3-6-23-25)12-4-5-13-16(21)11-22-24-17(13)8-12/h3-11,26H,1-2H3,(H2,21,24). The van der Waals surface area contributed by atoms with Crippen LogP contribution in [0.25, 0.3) is 27.7 Å². The zero-order valence-corrected chi connectivity index (χ0v) is 15.0. The molecule has 8 heteroatoms. The first-order valence-electron chi connectivity index (χ1n) is 8.50. The number of methoxy groups -OCH3 is 1. The molecule has 0 radical (unpaired) electrons. The number of aromatic nitrogens is 4. The molecule has 134 valence electrons. The van der Waals surface area contributed by atoms with Crippen molar-refractivity contribution in [2.75, 3.05) is 12.8 Å². The number of nitrogen functional groups attached to an aromatic ring is 1. The molecule has 2 heterocycles. The molecule has 0 bridgehead atoms. The van der Waals surface area contributed by atoms with Crippen molar-refractivity contribution in [2.45, 2.75) is 6.82 Å². The lowest BCUT2D eigenvalue weighted by molar-refractivity contribution is 0.416. The van der Waals surface area contributed by atoms with E-state index in [2.05, 4.69) is 15.3 Å². The van der Waals surface area contributed by atoms with Gasteiger partial charge in [-0.05, 0) is 29.2 Å². The number of ether oxygens (including phenoxy) is 1. The van der Waals surface area contributed by atoms with Crippen LogP contribution in [0, 0.1) is 0 Å². The van der Waals surface area contributed by atoms with Crippen molar-refractivity contribution < 1.29 is 9.76 Å². The highest BCUT2D eigenvalue weighted by Crippen LogP contribution is 2.31. The van der Waals surface area contributed by atoms with Crippen LogP contribution in [0.5, 0.6) is 5.75 Å². The second kappa shape index (κ2) is 6.73. The fourth-order valence-corrected chi connectivity index (χ4v) is 3.17. The summed E-state index contributed by atoms with van der Waals surface area (Å²) >= 11 is 0. The topological polar surface area (TPSA) is 99.1 Å². The first kappa shape index (κ1) is 17.1. The van der Waals surface area contributed by atoms with E-state index in [-0.39, 0.29) is 0 Å². The summed E-state index contributed by atoms with van der Waals surface area (Å²) in [4.78, 5) is 0. The molecule has 0 saturated carbocycles. The average molecular weight is 359 g/mol. The molecule has 3 N–H and O–H groups in total. The Morgan fingerprint density at radius 3 is 2.78 bits per heavy atom. The molecular weight excluding hydrogens is 341 g/mol. The van der Waals surface area contributed by atoms with Gasteiger partial charge in [0.25, 0.3) is 0 Å². The second-order valence-electron chi connectivity index (χ2n) is 6.27. The Bertz CT molecular complexity index is 1110. The van der Waals surface area contributed by atoms with Crippen molar-refractivity contribution in [2.24, 2.45) is 0 Å². The van der Waals surface area contributed by atoms with Crippen molar-refractivity contribution in [1.29, 1.82) is 0 Å². The third kappa shape index (κ3) is 3.00. The number of nitrogens with zero attached hydrogens (tertiary/aromatic N) is 4. The first-order valence-corrected chi connectivity index (χ1v) is 8.50. The van der Waals surface area contributed by atoms with E-state index in [9.17, 15) is 5.02 Å². The molecule has 0 aliphatic rings. The van der Waals surface area contributed by atoms with E-state index >= 15 is 0 Å². The number of fused-ring (bicyclic) bond motifs is 1. The highest BCUT2D eigenvalue weighted by molar-refractivity contribution is 6.66. The van der Waals surface area contributed by atoms with Gasteiger partial charge in [0.1, 0.15) is 5.75 Å². The van der Waals surface area contributed by atoms with Gasteiger partial charge in [0, 0.05) is 29.4 Å². The van der Waals surface area contributed by atoms with Gasteiger partial charge in [-0.25, -0.2) is 4.68 Å². The Balaban J connectivity index is 1.99. The van der Waals surface area contributed by atoms with Gasteiger partial charge in [0.05, 0.1) is 30.2 Å². The van der Waals surface area contributed by atoms with Gasteiger partial charge in [-0.3, -0.25) is 0 Å². The summed E-state index contributed by atoms with van der Waals surface area (Å²) in [5.41, 5.74) is 10.6. The van der Waals surface area contributed by atoms with Crippen LogP contribution < -0.4 is 15.9 Å². The largest absolute Gasteiger partial charge is 0.497 e. The summed E-state index contributed by atoms with van der Waals surface area (Å²) in [6, 6.07) is 11.5. The maximum Gasteiger partial charge on any atom is 0.324 e. The van der Waals surface area contributed by atoms with Crippen molar-refractivity contribution in [3.63, 3.8) is 0 Å². The molecule has 2 aromatic carbocycles. The maximum absolute atomic E-state index is 10.2. The number of rotatable bonds is 4. The van der Waals surface area contributed by atoms with Crippen molar-refractivity contribution in [3.05, 3.63) is 55.0 Å². The van der Waals surface area contributed by atoms with Crippen LogP contribution in [0.15, 0.2) is 55.0 Å². The number of anilines is 1. The van der Waals surface area contributed by atoms with E-state index in [1.807, 2.05) is 42.6 Å². The van der Waals surface area contributed by atoms with Gasteiger partial charge in [-0.15, -0.1) is 0 Å². The van der Waals surface area contributed by atoms with Crippen LogP contribution in [-0.2, 0) is 0 Å². The van der Waals surface area contributed by atoms with Crippen LogP contribution in [-0.4, -0.2) is 39.0 Å². The lowest BCUT2D eigenvalue weighted by Crippen LogP contribution is -2.28. The molecule has 0 spiro atoms. The second-order valence-corrected chi connectivity index (χ2v) is 6.27. The van der Waals surface area contributed by atoms with Crippen LogP contribution >= 0.6 is 0 Å². The summed E-state index contributed by atoms with van der Waals surface area (Å²) in [6.07, 6.45) is 5.11. The SMILES string of the molecule is COc1cc(-n2cccn2)c(-c2ccc3c(N)cnnc3c2)cc1B(C)O. The van der Waals surface area contributed by atoms with Gasteiger partial charge in [-0.1, -0.05) is 19.0 Å². The number of benzene rings is 2. The molecule has 4 aromatic rings. The molecule has 4 rings (SSSR count). The van der Waals surface area contributed by atoms with Crippen molar-refractivity contribution in [1.82, 2.24) is 20.0 Å². The number of hydrogen-bond acceptors (Lipinski definition) is 6. The molecule has 27 heavy (non-hydrogen) atoms. The van der Waals surface area contributed by atoms with E-state index < -0.39 is 6.92 Å². The minimum atomic E-state index is -0.679. The Hall–Kier alpha value is -3.39. The van der Waals surface area contributed by atoms with Gasteiger partial charge < -0.3 is 15.5 Å². The van der Waals surface area contributed by atoms with E-state index in [4.69, 9.17) is 10.5 Å². The molecule has 0 amide bonds. The first-order chi connectivity index (χ1) is 13.1. The quantitative estimate of drug-likeness (QED) is 0.540. The van der Waals surface area contributed by atoms with Crippen LogP contribution in [0.3, 0.4) is 0 Å². The molecular formula is C19H18BN5O2. The Morgan fingerprint density at radius 1 is 1.22 bits per heavy atom. The predicted octanol–water partition coefficient (Wildman–Crippen LogP) is 1.89. The highest BCUT2D eigenvalue weighted by atomic mass is 16.5. The zero-order valence-electron chi connectivity index (χ0n) is 15.0. The molecule has 7 nitrogen and oxygen atoms in total. The summed E-state index contributed by atoms with van der Waals surface area (Å²) in [7, 11) is 1.59. The fourth-order valence-electron chi connectivity index (χ4n) is 3.17. The predicted molar refractivity (Wildman–Crippen MR) is 107 cm³/mol. The van der Waals surface area contributed by atoms with Gasteiger partial charge in [0.2, 0.25) is 0 Å². The smallest absolute Gasteiger partial charge is 0.324 e. The van der Waals surface area contributed by atoms with E-state index in [0.29, 0.717) is 22.4 Å². The molecule has 0 aliphatic heterocycles. The van der Waals surface area contributed by atoms with Crippen molar-refractivity contribution in [3.8, 4) is 22.6 Å². The minimum absolute atomic E-state index is 0.582. The van der Waals surface area contributed by atoms with E-state index in [1.165, 1.54) is 6.20 Å². The molecule has 0 atom stereocenters. The Morgan fingerprint density at radius 2 is 2.07 bits per heavy atom. The third-order valence-corrected chi connectivity index (χ3v) is 4.53. The average Bonchev–Trinajstić information content (AvgIpc) is 3.21. The monoisotopic (exact) mass is 359 g/mol. The minimum Gasteiger partial charge on any atom is -0.497 e. The molecule has 2 aromatic heterocycles. The number of nitrogens with two attached hydrogens (primary N) is 1. The lowest BCUT2D eigenvalue weighted by Gasteiger charge is -2.17. The summed E-state index contributed by atoms with van der Waals surface area (Å²) in [5, 5.41) is 23.5. The summed E-state index contributed by atoms with van der Waals surface area (Å²) < 4.78 is 7.25. The van der Waals surface area contributed by atoms with Gasteiger partial charge in [-0.2, -0.15) is 15.3 Å². The molecule has 0 aliphatic carbocycles. The molecule has 0 fully saturated rings. The van der Waals surface area contributed by atoms with E-state index in [0.717, 1.165) is 22.2 Å². The lowest BCUT2D eigenvalue weighted by atomic mass is 9.63. The highest BCUT2D eigenvalue weighted by Gasteiger charge is 2.19. The Kier molecular flexibility index (Phi) is 4.25. The van der Waals surface area contributed by atoms with Crippen LogP contribution in [0.2, 0.25) is 6.82 Å². The van der Waals surface area contributed by atoms with Crippen LogP contribution in [0.4, 0.5) is 5.69 Å². The molecule has 0 saturated heterocycles. The molecule has 0 unspecified atom stereocenters. The van der Waals surface area contributed by atoms with Gasteiger partial charge in [0.15, 0.2) is 0 Å². The van der Waals surface area contributed by atoms with E-state index in [1.54, 1.807) is 24.8 Å². The van der Waals surface area contributed by atoms with Gasteiger partial charge >= 0.3 is 6.92 Å². The normalized spacial score (nSPS) is 10.9. The summed E-state index contributed by atoms with van der Waals surface area (Å²) in [5.74, 6) is 0.601.